The van der Waals surface area contributed by atoms with Crippen LogP contribution in [-0.4, -0.2) is 32.3 Å². The Morgan fingerprint density at radius 1 is 1.59 bits per heavy atom. The standard InChI is InChI=1S/C12H14BrN3O/c13-10-1-2-12(9(5-10)6-14)16-8-11-7-15-3-4-17-11/h1-2,5,11,15-16H,3-4,7-8H2. The van der Waals surface area contributed by atoms with Gasteiger partial charge in [0.1, 0.15) is 6.07 Å². The lowest BCUT2D eigenvalue weighted by Gasteiger charge is -2.24. The number of benzene rings is 1. The number of morpholine rings is 1. The van der Waals surface area contributed by atoms with E-state index in [1.54, 1.807) is 0 Å². The summed E-state index contributed by atoms with van der Waals surface area (Å²) in [7, 11) is 0. The van der Waals surface area contributed by atoms with Gasteiger partial charge in [-0.3, -0.25) is 0 Å². The molecule has 1 aromatic rings. The summed E-state index contributed by atoms with van der Waals surface area (Å²) in [5.41, 5.74) is 1.49. The van der Waals surface area contributed by atoms with Crippen molar-refractivity contribution >= 4 is 21.6 Å². The summed E-state index contributed by atoms with van der Waals surface area (Å²) in [4.78, 5) is 0. The second-order valence-corrected chi connectivity index (χ2v) is 4.80. The van der Waals surface area contributed by atoms with Gasteiger partial charge in [-0.1, -0.05) is 15.9 Å². The first kappa shape index (κ1) is 12.4. The molecule has 1 atom stereocenters. The first-order valence-corrected chi connectivity index (χ1v) is 6.35. The molecule has 17 heavy (non-hydrogen) atoms. The summed E-state index contributed by atoms with van der Waals surface area (Å²) < 4.78 is 6.49. The van der Waals surface area contributed by atoms with Crippen molar-refractivity contribution in [3.05, 3.63) is 28.2 Å². The van der Waals surface area contributed by atoms with Crippen LogP contribution in [0.5, 0.6) is 0 Å². The van der Waals surface area contributed by atoms with Crippen molar-refractivity contribution in [3.63, 3.8) is 0 Å². The highest BCUT2D eigenvalue weighted by atomic mass is 79.9. The lowest BCUT2D eigenvalue weighted by molar-refractivity contribution is 0.0372. The third-order valence-electron chi connectivity index (χ3n) is 2.63. The van der Waals surface area contributed by atoms with Gasteiger partial charge in [-0.05, 0) is 18.2 Å². The van der Waals surface area contributed by atoms with E-state index >= 15 is 0 Å². The van der Waals surface area contributed by atoms with Crippen molar-refractivity contribution in [2.45, 2.75) is 6.10 Å². The Balaban J connectivity index is 1.96. The lowest BCUT2D eigenvalue weighted by atomic mass is 10.2. The molecule has 2 N–H and O–H groups in total. The van der Waals surface area contributed by atoms with Crippen LogP contribution < -0.4 is 10.6 Å². The summed E-state index contributed by atoms with van der Waals surface area (Å²) in [6, 6.07) is 7.80. The number of nitriles is 1. The van der Waals surface area contributed by atoms with Crippen LogP contribution in [0.15, 0.2) is 22.7 Å². The fraction of sp³-hybridized carbons (Fsp3) is 0.417. The van der Waals surface area contributed by atoms with Crippen molar-refractivity contribution in [2.75, 3.05) is 31.6 Å². The fourth-order valence-electron chi connectivity index (χ4n) is 1.74. The number of hydrogen-bond donors (Lipinski definition) is 2. The van der Waals surface area contributed by atoms with E-state index in [0.717, 1.165) is 29.9 Å². The van der Waals surface area contributed by atoms with Crippen LogP contribution in [-0.2, 0) is 4.74 Å². The Morgan fingerprint density at radius 2 is 2.47 bits per heavy atom. The smallest absolute Gasteiger partial charge is 0.101 e. The highest BCUT2D eigenvalue weighted by Crippen LogP contribution is 2.20. The Hall–Kier alpha value is -1.09. The SMILES string of the molecule is N#Cc1cc(Br)ccc1NCC1CNCCO1. The van der Waals surface area contributed by atoms with Crippen LogP contribution in [0.4, 0.5) is 5.69 Å². The first-order valence-electron chi connectivity index (χ1n) is 5.55. The Bertz CT molecular complexity index is 424. The van der Waals surface area contributed by atoms with Crippen LogP contribution in [0.3, 0.4) is 0 Å². The Kier molecular flexibility index (Phi) is 4.37. The molecule has 0 bridgehead atoms. The maximum absolute atomic E-state index is 9.03. The second-order valence-electron chi connectivity index (χ2n) is 3.88. The van der Waals surface area contributed by atoms with Crippen molar-refractivity contribution in [1.29, 1.82) is 5.26 Å². The quantitative estimate of drug-likeness (QED) is 0.892. The molecule has 0 aliphatic carbocycles. The molecule has 0 amide bonds. The highest BCUT2D eigenvalue weighted by Gasteiger charge is 2.13. The van der Waals surface area contributed by atoms with E-state index in [9.17, 15) is 0 Å². The molecule has 0 radical (unpaired) electrons. The van der Waals surface area contributed by atoms with Gasteiger partial charge in [0.2, 0.25) is 0 Å². The van der Waals surface area contributed by atoms with Gasteiger partial charge in [-0.25, -0.2) is 0 Å². The summed E-state index contributed by atoms with van der Waals surface area (Å²) in [5.74, 6) is 0. The molecular weight excluding hydrogens is 282 g/mol. The second kappa shape index (κ2) is 6.01. The predicted molar refractivity (Wildman–Crippen MR) is 70.0 cm³/mol. The summed E-state index contributed by atoms with van der Waals surface area (Å²) >= 11 is 3.35. The molecule has 0 saturated carbocycles. The molecule has 0 spiro atoms. The van der Waals surface area contributed by atoms with Crippen LogP contribution in [0.25, 0.3) is 0 Å². The molecule has 5 heteroatoms. The molecule has 1 saturated heterocycles. The van der Waals surface area contributed by atoms with Crippen LogP contribution in [0, 0.1) is 11.3 Å². The van der Waals surface area contributed by atoms with Gasteiger partial charge in [0.25, 0.3) is 0 Å². The zero-order valence-corrected chi connectivity index (χ0v) is 11.0. The van der Waals surface area contributed by atoms with E-state index in [1.807, 2.05) is 18.2 Å². The van der Waals surface area contributed by atoms with Gasteiger partial charge < -0.3 is 15.4 Å². The maximum atomic E-state index is 9.03. The number of halogens is 1. The van der Waals surface area contributed by atoms with Crippen molar-refractivity contribution in [2.24, 2.45) is 0 Å². The number of ether oxygens (including phenoxy) is 1. The van der Waals surface area contributed by atoms with E-state index in [-0.39, 0.29) is 6.10 Å². The summed E-state index contributed by atoms with van der Waals surface area (Å²) in [5, 5.41) is 15.5. The van der Waals surface area contributed by atoms with Crippen LogP contribution in [0.2, 0.25) is 0 Å². The summed E-state index contributed by atoms with van der Waals surface area (Å²) in [6.45, 7) is 3.23. The molecule has 1 heterocycles. The Labute approximate surface area is 109 Å². The highest BCUT2D eigenvalue weighted by molar-refractivity contribution is 9.10. The lowest BCUT2D eigenvalue weighted by Crippen LogP contribution is -2.42. The Morgan fingerprint density at radius 3 is 3.18 bits per heavy atom. The van der Waals surface area contributed by atoms with E-state index in [1.165, 1.54) is 0 Å². The average Bonchev–Trinajstić information content (AvgIpc) is 2.38. The van der Waals surface area contributed by atoms with Gasteiger partial charge in [0, 0.05) is 24.1 Å². The predicted octanol–water partition coefficient (Wildman–Crippen LogP) is 1.72. The van der Waals surface area contributed by atoms with Gasteiger partial charge in [0.15, 0.2) is 0 Å². The number of anilines is 1. The minimum atomic E-state index is 0.166. The average molecular weight is 296 g/mol. The largest absolute Gasteiger partial charge is 0.381 e. The van der Waals surface area contributed by atoms with Gasteiger partial charge in [-0.2, -0.15) is 5.26 Å². The normalized spacial score (nSPS) is 19.6. The first-order chi connectivity index (χ1) is 8.29. The van der Waals surface area contributed by atoms with Crippen molar-refractivity contribution in [3.8, 4) is 6.07 Å². The molecule has 1 aromatic carbocycles. The third kappa shape index (κ3) is 3.43. The van der Waals surface area contributed by atoms with Crippen molar-refractivity contribution in [1.82, 2.24) is 5.32 Å². The maximum Gasteiger partial charge on any atom is 0.101 e. The molecule has 1 aliphatic rings. The van der Waals surface area contributed by atoms with E-state index in [2.05, 4.69) is 32.6 Å². The van der Waals surface area contributed by atoms with Crippen LogP contribution >= 0.6 is 15.9 Å². The van der Waals surface area contributed by atoms with Crippen LogP contribution in [0.1, 0.15) is 5.56 Å². The van der Waals surface area contributed by atoms with Gasteiger partial charge >= 0.3 is 0 Å². The zero-order chi connectivity index (χ0) is 12.1. The van der Waals surface area contributed by atoms with Crippen molar-refractivity contribution < 1.29 is 4.74 Å². The van der Waals surface area contributed by atoms with E-state index in [4.69, 9.17) is 10.00 Å². The summed E-state index contributed by atoms with van der Waals surface area (Å²) in [6.07, 6.45) is 0.166. The molecule has 90 valence electrons. The molecule has 1 fully saturated rings. The fourth-order valence-corrected chi connectivity index (χ4v) is 2.10. The number of nitrogens with zero attached hydrogens (tertiary/aromatic N) is 1. The number of nitrogens with one attached hydrogen (secondary N) is 2. The molecule has 1 unspecified atom stereocenters. The van der Waals surface area contributed by atoms with Gasteiger partial charge in [0.05, 0.1) is 24.0 Å². The monoisotopic (exact) mass is 295 g/mol. The van der Waals surface area contributed by atoms with Gasteiger partial charge in [-0.15, -0.1) is 0 Å². The minimum absolute atomic E-state index is 0.166. The topological polar surface area (TPSA) is 57.1 Å². The molecule has 2 rings (SSSR count). The zero-order valence-electron chi connectivity index (χ0n) is 9.37. The molecule has 0 aromatic heterocycles. The number of rotatable bonds is 3. The minimum Gasteiger partial charge on any atom is -0.381 e. The van der Waals surface area contributed by atoms with E-state index in [0.29, 0.717) is 12.1 Å². The molecule has 4 nitrogen and oxygen atoms in total. The molecular formula is C12H14BrN3O. The van der Waals surface area contributed by atoms with E-state index < -0.39 is 0 Å². The number of hydrogen-bond acceptors (Lipinski definition) is 4. The molecule has 1 aliphatic heterocycles. The third-order valence-corrected chi connectivity index (χ3v) is 3.12.